The highest BCUT2D eigenvalue weighted by atomic mass is 35.5. The molecule has 0 spiro atoms. The molecule has 0 bridgehead atoms. The zero-order valence-corrected chi connectivity index (χ0v) is 14.0. The van der Waals surface area contributed by atoms with E-state index in [9.17, 15) is 8.42 Å². The number of anilines is 1. The topological polar surface area (TPSA) is 55.4 Å². The van der Waals surface area contributed by atoms with Gasteiger partial charge in [-0.25, -0.2) is 8.42 Å². The number of sulfonamides is 1. The van der Waals surface area contributed by atoms with E-state index in [1.165, 1.54) is 6.07 Å². The molecule has 118 valence electrons. The van der Waals surface area contributed by atoms with Gasteiger partial charge in [-0.3, -0.25) is 4.72 Å². The van der Waals surface area contributed by atoms with E-state index in [1.54, 1.807) is 31.2 Å². The number of hydrogen-bond acceptors (Lipinski definition) is 3. The summed E-state index contributed by atoms with van der Waals surface area (Å²) in [5.41, 5.74) is 1.82. The molecular formula is C16H18ClNO3S. The van der Waals surface area contributed by atoms with Crippen LogP contribution < -0.4 is 4.72 Å². The number of halogens is 1. The predicted octanol–water partition coefficient (Wildman–Crippen LogP) is 3.99. The van der Waals surface area contributed by atoms with E-state index in [0.717, 1.165) is 5.56 Å². The van der Waals surface area contributed by atoms with Gasteiger partial charge in [-0.1, -0.05) is 35.9 Å². The summed E-state index contributed by atoms with van der Waals surface area (Å²) in [5.74, 6) is 0. The molecule has 4 nitrogen and oxygen atoms in total. The van der Waals surface area contributed by atoms with Gasteiger partial charge < -0.3 is 4.74 Å². The molecule has 0 amide bonds. The summed E-state index contributed by atoms with van der Waals surface area (Å²) < 4.78 is 33.2. The van der Waals surface area contributed by atoms with Crippen molar-refractivity contribution in [3.63, 3.8) is 0 Å². The van der Waals surface area contributed by atoms with E-state index in [-0.39, 0.29) is 4.90 Å². The average Bonchev–Trinajstić information content (AvgIpc) is 2.48. The van der Waals surface area contributed by atoms with Gasteiger partial charge in [0.25, 0.3) is 10.0 Å². The Kier molecular flexibility index (Phi) is 5.45. The minimum absolute atomic E-state index is 0.172. The number of nitrogens with one attached hydrogen (secondary N) is 1. The molecule has 0 saturated carbocycles. The van der Waals surface area contributed by atoms with E-state index < -0.39 is 10.0 Å². The van der Waals surface area contributed by atoms with Crippen LogP contribution in [0.25, 0.3) is 0 Å². The Hall–Kier alpha value is -1.56. The van der Waals surface area contributed by atoms with Crippen molar-refractivity contribution >= 4 is 27.3 Å². The van der Waals surface area contributed by atoms with E-state index in [4.69, 9.17) is 16.3 Å². The highest BCUT2D eigenvalue weighted by Gasteiger charge is 2.19. The summed E-state index contributed by atoms with van der Waals surface area (Å²) >= 11 is 6.01. The van der Waals surface area contributed by atoms with Crippen molar-refractivity contribution in [1.82, 2.24) is 0 Å². The van der Waals surface area contributed by atoms with Gasteiger partial charge in [0.05, 0.1) is 17.2 Å². The lowest BCUT2D eigenvalue weighted by Gasteiger charge is -2.14. The third kappa shape index (κ3) is 3.80. The van der Waals surface area contributed by atoms with Crippen molar-refractivity contribution in [3.8, 4) is 0 Å². The third-order valence-corrected chi connectivity index (χ3v) is 5.15. The molecule has 0 aromatic heterocycles. The SMILES string of the molecule is CCOCc1ccccc1NS(=O)(=O)c1cccc(Cl)c1C. The first-order valence-corrected chi connectivity index (χ1v) is 8.75. The van der Waals surface area contributed by atoms with E-state index in [1.807, 2.05) is 19.1 Å². The molecule has 2 aromatic carbocycles. The molecule has 0 heterocycles. The molecule has 2 aromatic rings. The maximum Gasteiger partial charge on any atom is 0.262 e. The first kappa shape index (κ1) is 16.8. The highest BCUT2D eigenvalue weighted by molar-refractivity contribution is 7.92. The zero-order chi connectivity index (χ0) is 16.2. The number of benzene rings is 2. The van der Waals surface area contributed by atoms with Crippen molar-refractivity contribution in [2.45, 2.75) is 25.3 Å². The van der Waals surface area contributed by atoms with Crippen LogP contribution in [-0.4, -0.2) is 15.0 Å². The predicted molar refractivity (Wildman–Crippen MR) is 88.8 cm³/mol. The molecule has 22 heavy (non-hydrogen) atoms. The fourth-order valence-corrected chi connectivity index (χ4v) is 3.64. The van der Waals surface area contributed by atoms with Crippen molar-refractivity contribution in [3.05, 3.63) is 58.6 Å². The summed E-state index contributed by atoms with van der Waals surface area (Å²) in [4.78, 5) is 0.172. The molecule has 2 rings (SSSR count). The Morgan fingerprint density at radius 1 is 1.14 bits per heavy atom. The molecule has 0 unspecified atom stereocenters. The summed E-state index contributed by atoms with van der Waals surface area (Å²) in [6.45, 7) is 4.49. The van der Waals surface area contributed by atoms with Gasteiger partial charge in [0.1, 0.15) is 0 Å². The number of rotatable bonds is 6. The maximum absolute atomic E-state index is 12.6. The Balaban J connectivity index is 2.35. The second kappa shape index (κ2) is 7.13. The van der Waals surface area contributed by atoms with Crippen LogP contribution in [0.1, 0.15) is 18.1 Å². The smallest absolute Gasteiger partial charge is 0.262 e. The van der Waals surface area contributed by atoms with Crippen molar-refractivity contribution in [2.24, 2.45) is 0 Å². The van der Waals surface area contributed by atoms with Gasteiger partial charge in [0.2, 0.25) is 0 Å². The second-order valence-electron chi connectivity index (χ2n) is 4.76. The molecule has 0 saturated heterocycles. The van der Waals surface area contributed by atoms with Gasteiger partial charge in [0.15, 0.2) is 0 Å². The molecule has 0 atom stereocenters. The summed E-state index contributed by atoms with van der Waals surface area (Å²) in [6, 6.07) is 12.0. The van der Waals surface area contributed by atoms with Gasteiger partial charge in [-0.05, 0) is 37.6 Å². The van der Waals surface area contributed by atoms with Crippen LogP contribution in [0.15, 0.2) is 47.4 Å². The fraction of sp³-hybridized carbons (Fsp3) is 0.250. The molecule has 1 N–H and O–H groups in total. The normalized spacial score (nSPS) is 11.4. The lowest BCUT2D eigenvalue weighted by atomic mass is 10.2. The summed E-state index contributed by atoms with van der Waals surface area (Å²) in [5, 5.41) is 0.422. The first-order chi connectivity index (χ1) is 10.5. The summed E-state index contributed by atoms with van der Waals surface area (Å²) in [6.07, 6.45) is 0. The quantitative estimate of drug-likeness (QED) is 0.865. The van der Waals surface area contributed by atoms with Gasteiger partial charge in [-0.2, -0.15) is 0 Å². The Labute approximate surface area is 136 Å². The van der Waals surface area contributed by atoms with Crippen molar-refractivity contribution in [1.29, 1.82) is 0 Å². The minimum atomic E-state index is -3.70. The van der Waals surface area contributed by atoms with E-state index in [0.29, 0.717) is 29.5 Å². The monoisotopic (exact) mass is 339 g/mol. The Bertz CT molecular complexity index is 760. The van der Waals surface area contributed by atoms with Crippen LogP contribution in [0, 0.1) is 6.92 Å². The van der Waals surface area contributed by atoms with Gasteiger partial charge in [-0.15, -0.1) is 0 Å². The molecule has 0 aliphatic carbocycles. The molecule has 0 aliphatic rings. The second-order valence-corrected chi connectivity index (χ2v) is 6.82. The first-order valence-electron chi connectivity index (χ1n) is 6.89. The number of ether oxygens (including phenoxy) is 1. The zero-order valence-electron chi connectivity index (χ0n) is 12.5. The van der Waals surface area contributed by atoms with Crippen LogP contribution in [0.3, 0.4) is 0 Å². The number of para-hydroxylation sites is 1. The molecule has 0 fully saturated rings. The standard InChI is InChI=1S/C16H18ClNO3S/c1-3-21-11-13-7-4-5-9-15(13)18-22(19,20)16-10-6-8-14(17)12(16)2/h4-10,18H,3,11H2,1-2H3. The molecule has 0 radical (unpaired) electrons. The average molecular weight is 340 g/mol. The van der Waals surface area contributed by atoms with Gasteiger partial charge in [0, 0.05) is 17.2 Å². The van der Waals surface area contributed by atoms with Crippen LogP contribution in [0.4, 0.5) is 5.69 Å². The minimum Gasteiger partial charge on any atom is -0.377 e. The lowest BCUT2D eigenvalue weighted by molar-refractivity contribution is 0.134. The highest BCUT2D eigenvalue weighted by Crippen LogP contribution is 2.26. The van der Waals surface area contributed by atoms with Crippen molar-refractivity contribution in [2.75, 3.05) is 11.3 Å². The van der Waals surface area contributed by atoms with E-state index in [2.05, 4.69) is 4.72 Å². The van der Waals surface area contributed by atoms with Crippen LogP contribution in [0.2, 0.25) is 5.02 Å². The fourth-order valence-electron chi connectivity index (χ4n) is 2.04. The largest absolute Gasteiger partial charge is 0.377 e. The lowest BCUT2D eigenvalue weighted by Crippen LogP contribution is -2.15. The molecule has 0 aliphatic heterocycles. The summed E-state index contributed by atoms with van der Waals surface area (Å²) in [7, 11) is -3.70. The van der Waals surface area contributed by atoms with Crippen LogP contribution in [-0.2, 0) is 21.4 Å². The Morgan fingerprint density at radius 2 is 1.86 bits per heavy atom. The maximum atomic E-state index is 12.6. The number of hydrogen-bond donors (Lipinski definition) is 1. The third-order valence-electron chi connectivity index (χ3n) is 3.23. The van der Waals surface area contributed by atoms with Crippen LogP contribution in [0.5, 0.6) is 0 Å². The van der Waals surface area contributed by atoms with Crippen LogP contribution >= 0.6 is 11.6 Å². The van der Waals surface area contributed by atoms with Gasteiger partial charge >= 0.3 is 0 Å². The molecule has 6 heteroatoms. The Morgan fingerprint density at radius 3 is 2.59 bits per heavy atom. The molecular weight excluding hydrogens is 322 g/mol. The van der Waals surface area contributed by atoms with E-state index >= 15 is 0 Å². The van der Waals surface area contributed by atoms with Crippen molar-refractivity contribution < 1.29 is 13.2 Å².